The largest absolute Gasteiger partial charge is 0.440 e. The molecule has 1 atom stereocenters. The molecule has 0 saturated carbocycles. The Morgan fingerprint density at radius 1 is 1.25 bits per heavy atom. The summed E-state index contributed by atoms with van der Waals surface area (Å²) >= 11 is 0. The second-order valence-corrected chi connectivity index (χ2v) is 7.15. The number of carbonyl (C=O) groups is 1. The summed E-state index contributed by atoms with van der Waals surface area (Å²) < 4.78 is 11.0. The van der Waals surface area contributed by atoms with Crippen LogP contribution < -0.4 is 4.90 Å². The summed E-state index contributed by atoms with van der Waals surface area (Å²) in [7, 11) is 2.14. The molecule has 4 rings (SSSR count). The summed E-state index contributed by atoms with van der Waals surface area (Å²) in [5, 5.41) is 0. The summed E-state index contributed by atoms with van der Waals surface area (Å²) in [6, 6.07) is 0. The van der Waals surface area contributed by atoms with Crippen LogP contribution >= 0.6 is 0 Å². The van der Waals surface area contributed by atoms with Crippen LogP contribution in [0.3, 0.4) is 0 Å². The molecule has 0 aromatic carbocycles. The number of rotatable bonds is 2. The van der Waals surface area contributed by atoms with Crippen molar-refractivity contribution in [3.63, 3.8) is 0 Å². The van der Waals surface area contributed by atoms with Gasteiger partial charge in [0.25, 0.3) is 0 Å². The molecule has 3 fully saturated rings. The van der Waals surface area contributed by atoms with Gasteiger partial charge in [0.2, 0.25) is 0 Å². The van der Waals surface area contributed by atoms with Gasteiger partial charge < -0.3 is 14.4 Å². The molecule has 1 amide bonds. The Kier molecular flexibility index (Phi) is 4.14. The van der Waals surface area contributed by atoms with Crippen LogP contribution in [0.1, 0.15) is 37.3 Å². The first kappa shape index (κ1) is 15.8. The van der Waals surface area contributed by atoms with E-state index in [1.54, 1.807) is 11.1 Å². The van der Waals surface area contributed by atoms with E-state index in [1.807, 2.05) is 6.20 Å². The fraction of sp³-hybridized carbons (Fsp3) is 0.706. The Labute approximate surface area is 142 Å². The molecule has 0 radical (unpaired) electrons. The lowest BCUT2D eigenvalue weighted by Crippen LogP contribution is -2.40. The third-order valence-electron chi connectivity index (χ3n) is 5.35. The number of nitrogens with zero attached hydrogens (tertiary/aromatic N) is 4. The van der Waals surface area contributed by atoms with Gasteiger partial charge in [0.1, 0.15) is 5.60 Å². The predicted molar refractivity (Wildman–Crippen MR) is 88.1 cm³/mol. The molecule has 7 heteroatoms. The number of piperidine rings is 1. The van der Waals surface area contributed by atoms with Crippen molar-refractivity contribution in [1.82, 2.24) is 14.9 Å². The molecule has 3 aliphatic heterocycles. The van der Waals surface area contributed by atoms with Gasteiger partial charge in [0.05, 0.1) is 37.8 Å². The predicted octanol–water partition coefficient (Wildman–Crippen LogP) is 1.79. The second kappa shape index (κ2) is 6.29. The minimum absolute atomic E-state index is 0.323. The number of anilines is 1. The van der Waals surface area contributed by atoms with Crippen LogP contribution in [-0.4, -0.2) is 66.5 Å². The van der Waals surface area contributed by atoms with Gasteiger partial charge in [-0.15, -0.1) is 0 Å². The van der Waals surface area contributed by atoms with Crippen LogP contribution in [0.4, 0.5) is 10.6 Å². The zero-order chi connectivity index (χ0) is 16.6. The van der Waals surface area contributed by atoms with Crippen molar-refractivity contribution >= 4 is 11.9 Å². The molecule has 0 unspecified atom stereocenters. The monoisotopic (exact) mass is 332 g/mol. The Balaban J connectivity index is 1.47. The van der Waals surface area contributed by atoms with Gasteiger partial charge in [0, 0.05) is 25.3 Å². The minimum Gasteiger partial charge on any atom is -0.440 e. The van der Waals surface area contributed by atoms with Gasteiger partial charge in [-0.3, -0.25) is 9.88 Å². The molecule has 1 aromatic heterocycles. The quantitative estimate of drug-likeness (QED) is 0.822. The number of carbonyl (C=O) groups excluding carboxylic acids is 1. The van der Waals surface area contributed by atoms with Crippen LogP contribution in [0.15, 0.2) is 12.4 Å². The second-order valence-electron chi connectivity index (χ2n) is 7.15. The lowest BCUT2D eigenvalue weighted by Gasteiger charge is -2.30. The maximum absolute atomic E-state index is 12.3. The smallest absolute Gasteiger partial charge is 0.416 e. The lowest BCUT2D eigenvalue weighted by atomic mass is 9.94. The van der Waals surface area contributed by atoms with Crippen LogP contribution in [0.25, 0.3) is 0 Å². The minimum atomic E-state index is -0.415. The van der Waals surface area contributed by atoms with E-state index in [9.17, 15) is 4.79 Å². The van der Waals surface area contributed by atoms with E-state index in [2.05, 4.69) is 21.9 Å². The number of hydrogen-bond acceptors (Lipinski definition) is 6. The van der Waals surface area contributed by atoms with Gasteiger partial charge in [-0.1, -0.05) is 0 Å². The number of likely N-dealkylation sites (tertiary alicyclic amines) is 1. The van der Waals surface area contributed by atoms with Crippen molar-refractivity contribution in [1.29, 1.82) is 0 Å². The molecule has 0 aliphatic carbocycles. The average molecular weight is 332 g/mol. The SMILES string of the molecule is CN1CCC[C@H](c2cnc(N3CC4(CCOCC4)OC3=O)cn2)C1. The molecule has 7 nitrogen and oxygen atoms in total. The van der Waals surface area contributed by atoms with E-state index in [4.69, 9.17) is 9.47 Å². The zero-order valence-electron chi connectivity index (χ0n) is 14.1. The molecular formula is C17H24N4O3. The first-order valence-electron chi connectivity index (χ1n) is 8.74. The number of likely N-dealkylation sites (N-methyl/N-ethyl adjacent to an activating group) is 1. The summed E-state index contributed by atoms with van der Waals surface area (Å²) in [5.74, 6) is 1.01. The molecule has 3 saturated heterocycles. The van der Waals surface area contributed by atoms with Crippen LogP contribution in [0.5, 0.6) is 0 Å². The van der Waals surface area contributed by atoms with Crippen molar-refractivity contribution in [2.45, 2.75) is 37.2 Å². The van der Waals surface area contributed by atoms with Crippen LogP contribution in [-0.2, 0) is 9.47 Å². The van der Waals surface area contributed by atoms with Crippen molar-refractivity contribution < 1.29 is 14.3 Å². The van der Waals surface area contributed by atoms with Crippen LogP contribution in [0, 0.1) is 0 Å². The molecule has 24 heavy (non-hydrogen) atoms. The van der Waals surface area contributed by atoms with E-state index >= 15 is 0 Å². The van der Waals surface area contributed by atoms with Crippen molar-refractivity contribution in [2.75, 3.05) is 44.8 Å². The maximum Gasteiger partial charge on any atom is 0.416 e. The highest BCUT2D eigenvalue weighted by atomic mass is 16.6. The van der Waals surface area contributed by atoms with E-state index in [1.165, 1.54) is 6.42 Å². The molecule has 1 aromatic rings. The van der Waals surface area contributed by atoms with Gasteiger partial charge in [0.15, 0.2) is 5.82 Å². The number of hydrogen-bond donors (Lipinski definition) is 0. The van der Waals surface area contributed by atoms with E-state index in [0.29, 0.717) is 31.5 Å². The van der Waals surface area contributed by atoms with E-state index in [-0.39, 0.29) is 6.09 Å². The van der Waals surface area contributed by atoms with Gasteiger partial charge >= 0.3 is 6.09 Å². The Hall–Kier alpha value is -1.73. The fourth-order valence-corrected chi connectivity index (χ4v) is 3.89. The van der Waals surface area contributed by atoms with Gasteiger partial charge in [-0.2, -0.15) is 0 Å². The number of amides is 1. The molecular weight excluding hydrogens is 308 g/mol. The van der Waals surface area contributed by atoms with Crippen LogP contribution in [0.2, 0.25) is 0 Å². The Bertz CT molecular complexity index is 600. The third-order valence-corrected chi connectivity index (χ3v) is 5.35. The highest BCUT2D eigenvalue weighted by Gasteiger charge is 2.47. The molecule has 1 spiro atoms. The zero-order valence-corrected chi connectivity index (χ0v) is 14.1. The molecule has 0 bridgehead atoms. The average Bonchev–Trinajstić information content (AvgIpc) is 2.91. The summed E-state index contributed by atoms with van der Waals surface area (Å²) in [6.45, 7) is 3.98. The standard InChI is InChI=1S/C17H24N4O3/c1-20-6-2-3-13(11-20)14-9-19-15(10-18-14)21-12-17(24-16(21)22)4-7-23-8-5-17/h9-10,13H,2-8,11-12H2,1H3/t13-/m0/s1. The van der Waals surface area contributed by atoms with Gasteiger partial charge in [-0.25, -0.2) is 9.78 Å². The summed E-state index contributed by atoms with van der Waals surface area (Å²) in [6.07, 6.45) is 7.03. The lowest BCUT2D eigenvalue weighted by molar-refractivity contribution is -0.0431. The molecule has 4 heterocycles. The normalized spacial score (nSPS) is 27.5. The van der Waals surface area contributed by atoms with Crippen molar-refractivity contribution in [3.05, 3.63) is 18.1 Å². The highest BCUT2D eigenvalue weighted by Crippen LogP contribution is 2.34. The third kappa shape index (κ3) is 2.98. The van der Waals surface area contributed by atoms with Crippen molar-refractivity contribution in [3.8, 4) is 0 Å². The topological polar surface area (TPSA) is 67.8 Å². The summed E-state index contributed by atoms with van der Waals surface area (Å²) in [4.78, 5) is 25.3. The number of ether oxygens (including phenoxy) is 2. The van der Waals surface area contributed by atoms with E-state index in [0.717, 1.165) is 38.0 Å². The molecule has 3 aliphatic rings. The first-order chi connectivity index (χ1) is 11.7. The van der Waals surface area contributed by atoms with E-state index < -0.39 is 5.60 Å². The maximum atomic E-state index is 12.3. The fourth-order valence-electron chi connectivity index (χ4n) is 3.89. The Morgan fingerprint density at radius 2 is 2.08 bits per heavy atom. The van der Waals surface area contributed by atoms with Crippen molar-refractivity contribution in [2.24, 2.45) is 0 Å². The highest BCUT2D eigenvalue weighted by molar-refractivity contribution is 5.89. The molecule has 0 N–H and O–H groups in total. The van der Waals surface area contributed by atoms with Gasteiger partial charge in [-0.05, 0) is 26.4 Å². The number of aromatic nitrogens is 2. The Morgan fingerprint density at radius 3 is 2.79 bits per heavy atom. The summed E-state index contributed by atoms with van der Waals surface area (Å²) in [5.41, 5.74) is 0.598. The first-order valence-corrected chi connectivity index (χ1v) is 8.74. The molecule has 130 valence electrons.